The van der Waals surface area contributed by atoms with Crippen LogP contribution in [0.1, 0.15) is 19.3 Å². The van der Waals surface area contributed by atoms with Crippen LogP contribution in [-0.4, -0.2) is 28.7 Å². The van der Waals surface area contributed by atoms with E-state index in [1.165, 1.54) is 19.3 Å². The zero-order chi connectivity index (χ0) is 10.5. The van der Waals surface area contributed by atoms with Gasteiger partial charge in [0.15, 0.2) is 0 Å². The summed E-state index contributed by atoms with van der Waals surface area (Å²) in [5.41, 5.74) is 5.74. The molecule has 0 aliphatic heterocycles. The van der Waals surface area contributed by atoms with E-state index < -0.39 is 0 Å². The van der Waals surface area contributed by atoms with Gasteiger partial charge in [-0.05, 0) is 25.3 Å². The van der Waals surface area contributed by atoms with Crippen molar-refractivity contribution in [3.8, 4) is 0 Å². The fraction of sp³-hybridized carbons (Fsp3) is 0.727. The van der Waals surface area contributed by atoms with Gasteiger partial charge in [0.2, 0.25) is 0 Å². The summed E-state index contributed by atoms with van der Waals surface area (Å²) in [5.74, 6) is 0.688. The molecule has 84 valence electrons. The number of nitrogens with two attached hydrogens (primary N) is 1. The van der Waals surface area contributed by atoms with Crippen molar-refractivity contribution in [2.24, 2.45) is 11.7 Å². The number of nitrogens with one attached hydrogen (secondary N) is 1. The molecule has 1 aromatic rings. The minimum absolute atomic E-state index is 0.638. The quantitative estimate of drug-likeness (QED) is 0.745. The van der Waals surface area contributed by atoms with E-state index in [1.807, 2.05) is 18.7 Å². The monoisotopic (exact) mass is 208 g/mol. The molecule has 15 heavy (non-hydrogen) atoms. The molecule has 0 spiro atoms. The van der Waals surface area contributed by atoms with Gasteiger partial charge >= 0.3 is 0 Å². The van der Waals surface area contributed by atoms with Gasteiger partial charge in [0.1, 0.15) is 0 Å². The topological polar surface area (TPSA) is 55.9 Å². The van der Waals surface area contributed by atoms with Crippen molar-refractivity contribution in [2.45, 2.75) is 31.8 Å². The van der Waals surface area contributed by atoms with Crippen LogP contribution in [0.3, 0.4) is 0 Å². The number of aromatic nitrogens is 2. The van der Waals surface area contributed by atoms with E-state index in [4.69, 9.17) is 5.73 Å². The first kappa shape index (κ1) is 10.6. The molecule has 4 heteroatoms. The largest absolute Gasteiger partial charge is 0.336 e. The highest BCUT2D eigenvalue weighted by Crippen LogP contribution is 2.24. The first-order chi connectivity index (χ1) is 7.40. The summed E-state index contributed by atoms with van der Waals surface area (Å²) in [6, 6.07) is 0.638. The third-order valence-corrected chi connectivity index (χ3v) is 3.30. The normalized spacial score (nSPS) is 25.9. The van der Waals surface area contributed by atoms with E-state index in [1.54, 1.807) is 0 Å². The average molecular weight is 208 g/mol. The van der Waals surface area contributed by atoms with Crippen molar-refractivity contribution < 1.29 is 0 Å². The Hall–Kier alpha value is -0.870. The smallest absolute Gasteiger partial charge is 0.0946 e. The molecule has 0 amide bonds. The summed E-state index contributed by atoms with van der Waals surface area (Å²) < 4.78 is 2.10. The molecule has 2 unspecified atom stereocenters. The molecule has 0 bridgehead atoms. The zero-order valence-electron chi connectivity index (χ0n) is 9.10. The van der Waals surface area contributed by atoms with E-state index in [-0.39, 0.29) is 0 Å². The van der Waals surface area contributed by atoms with Crippen LogP contribution in [-0.2, 0) is 6.54 Å². The molecule has 2 atom stereocenters. The van der Waals surface area contributed by atoms with Gasteiger partial charge in [-0.15, -0.1) is 0 Å². The Morgan fingerprint density at radius 1 is 1.47 bits per heavy atom. The highest BCUT2D eigenvalue weighted by molar-refractivity contribution is 4.84. The van der Waals surface area contributed by atoms with Crippen LogP contribution in [0.25, 0.3) is 0 Å². The van der Waals surface area contributed by atoms with E-state index in [2.05, 4.69) is 14.9 Å². The highest BCUT2D eigenvalue weighted by atomic mass is 15.1. The minimum Gasteiger partial charge on any atom is -0.336 e. The Morgan fingerprint density at radius 3 is 3.13 bits per heavy atom. The molecule has 1 aliphatic carbocycles. The highest BCUT2D eigenvalue weighted by Gasteiger charge is 2.24. The lowest BCUT2D eigenvalue weighted by Crippen LogP contribution is -2.37. The number of imidazole rings is 1. The minimum atomic E-state index is 0.638. The summed E-state index contributed by atoms with van der Waals surface area (Å²) in [7, 11) is 0. The number of hydrogen-bond acceptors (Lipinski definition) is 3. The third kappa shape index (κ3) is 2.79. The van der Waals surface area contributed by atoms with Crippen LogP contribution in [0.5, 0.6) is 0 Å². The molecule has 2 rings (SSSR count). The van der Waals surface area contributed by atoms with Crippen molar-refractivity contribution in [2.75, 3.05) is 13.1 Å². The second-order valence-electron chi connectivity index (χ2n) is 4.29. The van der Waals surface area contributed by atoms with E-state index in [0.717, 1.165) is 19.6 Å². The number of nitrogens with zero attached hydrogens (tertiary/aromatic N) is 2. The summed E-state index contributed by atoms with van der Waals surface area (Å²) in [5, 5.41) is 3.59. The van der Waals surface area contributed by atoms with Crippen LogP contribution in [0.4, 0.5) is 0 Å². The fourth-order valence-electron chi connectivity index (χ4n) is 2.39. The molecule has 1 aliphatic rings. The molecule has 1 saturated carbocycles. The van der Waals surface area contributed by atoms with Gasteiger partial charge in [-0.25, -0.2) is 4.98 Å². The maximum atomic E-state index is 5.74. The van der Waals surface area contributed by atoms with Gasteiger partial charge in [-0.3, -0.25) is 0 Å². The zero-order valence-corrected chi connectivity index (χ0v) is 9.10. The van der Waals surface area contributed by atoms with Crippen LogP contribution < -0.4 is 11.1 Å². The summed E-state index contributed by atoms with van der Waals surface area (Å²) in [6.07, 6.45) is 9.57. The first-order valence-corrected chi connectivity index (χ1v) is 5.79. The van der Waals surface area contributed by atoms with E-state index in [9.17, 15) is 0 Å². The molecule has 1 aromatic heterocycles. The van der Waals surface area contributed by atoms with Crippen molar-refractivity contribution in [3.63, 3.8) is 0 Å². The molecular weight excluding hydrogens is 188 g/mol. The summed E-state index contributed by atoms with van der Waals surface area (Å²) in [6.45, 7) is 2.83. The van der Waals surface area contributed by atoms with Crippen molar-refractivity contribution >= 4 is 0 Å². The van der Waals surface area contributed by atoms with Crippen LogP contribution in [0.15, 0.2) is 18.7 Å². The number of rotatable bonds is 5. The van der Waals surface area contributed by atoms with Gasteiger partial charge in [-0.2, -0.15) is 0 Å². The van der Waals surface area contributed by atoms with E-state index >= 15 is 0 Å². The van der Waals surface area contributed by atoms with Gasteiger partial charge in [0.05, 0.1) is 6.33 Å². The molecule has 1 heterocycles. The first-order valence-electron chi connectivity index (χ1n) is 5.79. The maximum Gasteiger partial charge on any atom is 0.0946 e. The molecule has 0 aromatic carbocycles. The molecule has 4 nitrogen and oxygen atoms in total. The lowest BCUT2D eigenvalue weighted by atomic mass is 10.0. The Kier molecular flexibility index (Phi) is 3.75. The van der Waals surface area contributed by atoms with Gasteiger partial charge in [0.25, 0.3) is 0 Å². The van der Waals surface area contributed by atoms with Gasteiger partial charge in [0, 0.05) is 31.5 Å². The molecule has 0 saturated heterocycles. The van der Waals surface area contributed by atoms with Gasteiger partial charge in [-0.1, -0.05) is 6.42 Å². The second-order valence-corrected chi connectivity index (χ2v) is 4.29. The van der Waals surface area contributed by atoms with Crippen LogP contribution in [0.2, 0.25) is 0 Å². The molecular formula is C11H20N4. The standard InChI is InChI=1S/C11H20N4/c12-8-10-2-1-3-11(10)14-5-7-15-6-4-13-9-15/h4,6,9-11,14H,1-3,5,7-8,12H2. The predicted molar refractivity (Wildman–Crippen MR) is 60.4 cm³/mol. The van der Waals surface area contributed by atoms with Gasteiger partial charge < -0.3 is 15.6 Å². The summed E-state index contributed by atoms with van der Waals surface area (Å²) in [4.78, 5) is 4.02. The third-order valence-electron chi connectivity index (χ3n) is 3.30. The maximum absolute atomic E-state index is 5.74. The lowest BCUT2D eigenvalue weighted by Gasteiger charge is -2.19. The van der Waals surface area contributed by atoms with E-state index in [0.29, 0.717) is 12.0 Å². The Labute approximate surface area is 90.9 Å². The molecule has 3 N–H and O–H groups in total. The van der Waals surface area contributed by atoms with Crippen molar-refractivity contribution in [1.29, 1.82) is 0 Å². The number of hydrogen-bond donors (Lipinski definition) is 2. The SMILES string of the molecule is NCC1CCCC1NCCn1ccnc1. The Balaban J connectivity index is 1.69. The Bertz CT molecular complexity index is 270. The fourth-order valence-corrected chi connectivity index (χ4v) is 2.39. The molecule has 1 fully saturated rings. The predicted octanol–water partition coefficient (Wildman–Crippen LogP) is 0.600. The summed E-state index contributed by atoms with van der Waals surface area (Å²) >= 11 is 0. The lowest BCUT2D eigenvalue weighted by molar-refractivity contribution is 0.399. The van der Waals surface area contributed by atoms with Crippen molar-refractivity contribution in [3.05, 3.63) is 18.7 Å². The van der Waals surface area contributed by atoms with Crippen LogP contribution in [0, 0.1) is 5.92 Å². The van der Waals surface area contributed by atoms with Crippen LogP contribution >= 0.6 is 0 Å². The second kappa shape index (κ2) is 5.28. The average Bonchev–Trinajstić information content (AvgIpc) is 2.88. The molecule has 0 radical (unpaired) electrons. The Morgan fingerprint density at radius 2 is 2.40 bits per heavy atom. The van der Waals surface area contributed by atoms with Crippen molar-refractivity contribution in [1.82, 2.24) is 14.9 Å².